The van der Waals surface area contributed by atoms with Gasteiger partial charge in [-0.1, -0.05) is 33.8 Å². The molecule has 6 heteroatoms. The largest absolute Gasteiger partial charge is 0.508 e. The second-order valence-corrected chi connectivity index (χ2v) is 9.19. The molecule has 6 nitrogen and oxygen atoms in total. The maximum atomic E-state index is 10.4. The maximum absolute atomic E-state index is 10.4. The lowest BCUT2D eigenvalue weighted by molar-refractivity contribution is -0.0211. The van der Waals surface area contributed by atoms with Crippen LogP contribution >= 0.6 is 0 Å². The van der Waals surface area contributed by atoms with E-state index in [1.165, 1.54) is 11.1 Å². The molecule has 0 radical (unpaired) electrons. The van der Waals surface area contributed by atoms with E-state index in [4.69, 9.17) is 9.72 Å². The Bertz CT molecular complexity index is 1290. The van der Waals surface area contributed by atoms with Gasteiger partial charge in [0.15, 0.2) is 0 Å². The summed E-state index contributed by atoms with van der Waals surface area (Å²) in [5, 5.41) is 21.0. The zero-order valence-electron chi connectivity index (χ0n) is 21.1. The second kappa shape index (κ2) is 10.1. The molecule has 4 aromatic rings. The van der Waals surface area contributed by atoms with Gasteiger partial charge in [-0.15, -0.1) is 0 Å². The molecule has 1 aliphatic heterocycles. The fourth-order valence-corrected chi connectivity index (χ4v) is 4.91. The first kappa shape index (κ1) is 24.2. The van der Waals surface area contributed by atoms with Crippen molar-refractivity contribution in [3.05, 3.63) is 53.3 Å². The molecular formula is C28H36N4O2. The quantitative estimate of drug-likeness (QED) is 0.381. The minimum atomic E-state index is 0.225. The van der Waals surface area contributed by atoms with Crippen molar-refractivity contribution < 1.29 is 9.84 Å². The predicted molar refractivity (Wildman–Crippen MR) is 139 cm³/mol. The predicted octanol–water partition coefficient (Wildman–Crippen LogP) is 6.16. The van der Waals surface area contributed by atoms with Crippen LogP contribution < -0.4 is 0 Å². The number of phenolic OH excluding ortho intramolecular Hbond substituents is 1. The van der Waals surface area contributed by atoms with Crippen LogP contribution in [0.5, 0.6) is 5.75 Å². The molecule has 0 bridgehead atoms. The summed E-state index contributed by atoms with van der Waals surface area (Å²) >= 11 is 0. The van der Waals surface area contributed by atoms with Crippen LogP contribution in [-0.4, -0.2) is 51.0 Å². The summed E-state index contributed by atoms with van der Waals surface area (Å²) in [5.74, 6) is 0.615. The Hall–Kier alpha value is -2.96. The Morgan fingerprint density at radius 3 is 2.68 bits per heavy atom. The van der Waals surface area contributed by atoms with Crippen molar-refractivity contribution in [1.82, 2.24) is 20.1 Å². The van der Waals surface area contributed by atoms with Gasteiger partial charge >= 0.3 is 0 Å². The molecule has 2 aromatic heterocycles. The van der Waals surface area contributed by atoms with Crippen molar-refractivity contribution >= 4 is 21.7 Å². The van der Waals surface area contributed by atoms with Gasteiger partial charge in [0.25, 0.3) is 0 Å². The van der Waals surface area contributed by atoms with Crippen molar-refractivity contribution in [2.45, 2.75) is 60.1 Å². The number of nitrogens with zero attached hydrogens (tertiary/aromatic N) is 3. The number of aromatic hydroxyl groups is 1. The number of rotatable bonds is 4. The van der Waals surface area contributed by atoms with Crippen molar-refractivity contribution in [1.29, 1.82) is 0 Å². The molecule has 2 N–H and O–H groups in total. The number of morpholine rings is 1. The number of hydrogen-bond donors (Lipinski definition) is 2. The average molecular weight is 461 g/mol. The van der Waals surface area contributed by atoms with Gasteiger partial charge in [-0.25, -0.2) is 0 Å². The molecule has 0 aliphatic carbocycles. The van der Waals surface area contributed by atoms with Crippen molar-refractivity contribution in [3.63, 3.8) is 0 Å². The fourth-order valence-electron chi connectivity index (χ4n) is 4.91. The van der Waals surface area contributed by atoms with E-state index >= 15 is 0 Å². The van der Waals surface area contributed by atoms with Gasteiger partial charge < -0.3 is 9.84 Å². The van der Waals surface area contributed by atoms with Crippen molar-refractivity contribution in [3.8, 4) is 17.0 Å². The molecule has 1 unspecified atom stereocenters. The Kier molecular flexibility index (Phi) is 7.19. The molecule has 180 valence electrons. The van der Waals surface area contributed by atoms with Gasteiger partial charge in [0.1, 0.15) is 5.75 Å². The zero-order valence-corrected chi connectivity index (χ0v) is 21.1. The second-order valence-electron chi connectivity index (χ2n) is 9.19. The van der Waals surface area contributed by atoms with Gasteiger partial charge in [-0.2, -0.15) is 5.10 Å². The Labute approximate surface area is 202 Å². The van der Waals surface area contributed by atoms with E-state index in [1.807, 2.05) is 32.2 Å². The van der Waals surface area contributed by atoms with Gasteiger partial charge in [0.2, 0.25) is 0 Å². The summed E-state index contributed by atoms with van der Waals surface area (Å²) in [6.45, 7) is 15.9. The van der Waals surface area contributed by atoms with Gasteiger partial charge in [0.05, 0.1) is 30.1 Å². The number of H-pyrrole nitrogens is 1. The number of aromatic amines is 1. The van der Waals surface area contributed by atoms with Crippen LogP contribution in [0.3, 0.4) is 0 Å². The number of hydrogen-bond acceptors (Lipinski definition) is 5. The van der Waals surface area contributed by atoms with Crippen molar-refractivity contribution in [2.24, 2.45) is 0 Å². The van der Waals surface area contributed by atoms with E-state index < -0.39 is 0 Å². The molecule has 34 heavy (non-hydrogen) atoms. The van der Waals surface area contributed by atoms with Crippen LogP contribution in [0.25, 0.3) is 32.9 Å². The van der Waals surface area contributed by atoms with Crippen LogP contribution in [-0.2, 0) is 11.3 Å². The third-order valence-corrected chi connectivity index (χ3v) is 6.52. The lowest BCUT2D eigenvalue weighted by Gasteiger charge is -2.32. The van der Waals surface area contributed by atoms with Crippen molar-refractivity contribution in [2.75, 3.05) is 19.7 Å². The number of ether oxygens (including phenoxy) is 1. The molecular weight excluding hydrogens is 424 g/mol. The van der Waals surface area contributed by atoms with E-state index in [0.717, 1.165) is 64.9 Å². The number of phenols is 1. The SMILES string of the molecule is CC.Cc1nc(-c2c(C(C)C)ccc3[nH]ncc23)c2ccc(O)cc2c1CN1CCOC(C)C1. The number of fused-ring (bicyclic) bond motifs is 2. The lowest BCUT2D eigenvalue weighted by Crippen LogP contribution is -2.40. The molecule has 0 amide bonds. The van der Waals surface area contributed by atoms with Gasteiger partial charge in [-0.05, 0) is 60.5 Å². The number of aryl methyl sites for hydroxylation is 1. The van der Waals surface area contributed by atoms with Crippen LogP contribution in [0, 0.1) is 6.92 Å². The smallest absolute Gasteiger partial charge is 0.116 e. The zero-order chi connectivity index (χ0) is 24.4. The number of aromatic nitrogens is 3. The Morgan fingerprint density at radius 2 is 1.94 bits per heavy atom. The van der Waals surface area contributed by atoms with E-state index in [9.17, 15) is 5.11 Å². The van der Waals surface area contributed by atoms with Crippen LogP contribution in [0.2, 0.25) is 0 Å². The monoisotopic (exact) mass is 460 g/mol. The summed E-state index contributed by atoms with van der Waals surface area (Å²) in [5.41, 5.74) is 6.48. The topological polar surface area (TPSA) is 74.3 Å². The van der Waals surface area contributed by atoms with Gasteiger partial charge in [0, 0.05) is 41.7 Å². The summed E-state index contributed by atoms with van der Waals surface area (Å²) in [6.07, 6.45) is 2.12. The molecule has 0 spiro atoms. The fraction of sp³-hybridized carbons (Fsp3) is 0.429. The highest BCUT2D eigenvalue weighted by Gasteiger charge is 2.23. The van der Waals surface area contributed by atoms with E-state index in [-0.39, 0.29) is 11.9 Å². The standard InChI is InChI=1S/C26H30N4O2.C2H6/c1-15(2)19-7-8-24-22(12-27-29-24)25(19)26-20-6-5-18(31)11-21(20)23(17(4)28-26)14-30-9-10-32-16(3)13-30;1-2/h5-8,11-12,15-16,31H,9-10,13-14H2,1-4H3,(H,27,29);1-2H3. The van der Waals surface area contributed by atoms with Crippen LogP contribution in [0.1, 0.15) is 57.4 Å². The molecule has 3 heterocycles. The molecule has 1 atom stereocenters. The highest BCUT2D eigenvalue weighted by Crippen LogP contribution is 2.40. The molecule has 1 aliphatic rings. The normalized spacial score (nSPS) is 16.7. The summed E-state index contributed by atoms with van der Waals surface area (Å²) in [6, 6.07) is 9.91. The highest BCUT2D eigenvalue weighted by molar-refractivity contribution is 6.05. The Balaban J connectivity index is 0.00000133. The highest BCUT2D eigenvalue weighted by atomic mass is 16.5. The molecule has 1 saturated heterocycles. The van der Waals surface area contributed by atoms with Crippen LogP contribution in [0.15, 0.2) is 36.5 Å². The third-order valence-electron chi connectivity index (χ3n) is 6.52. The molecule has 2 aromatic carbocycles. The maximum Gasteiger partial charge on any atom is 0.116 e. The lowest BCUT2D eigenvalue weighted by atomic mass is 9.89. The van der Waals surface area contributed by atoms with Gasteiger partial charge in [-0.3, -0.25) is 15.0 Å². The van der Waals surface area contributed by atoms with E-state index in [1.54, 1.807) is 6.07 Å². The summed E-state index contributed by atoms with van der Waals surface area (Å²) in [4.78, 5) is 7.59. The minimum Gasteiger partial charge on any atom is -0.508 e. The average Bonchev–Trinajstić information content (AvgIpc) is 3.30. The number of nitrogens with one attached hydrogen (secondary N) is 1. The Morgan fingerprint density at radius 1 is 1.15 bits per heavy atom. The number of benzene rings is 2. The third kappa shape index (κ3) is 4.52. The summed E-state index contributed by atoms with van der Waals surface area (Å²) in [7, 11) is 0. The van der Waals surface area contributed by atoms with E-state index in [0.29, 0.717) is 5.92 Å². The first-order chi connectivity index (χ1) is 16.4. The first-order valence-corrected chi connectivity index (χ1v) is 12.3. The molecule has 0 saturated carbocycles. The summed E-state index contributed by atoms with van der Waals surface area (Å²) < 4.78 is 5.72. The van der Waals surface area contributed by atoms with E-state index in [2.05, 4.69) is 54.9 Å². The van der Waals surface area contributed by atoms with Crippen LogP contribution in [0.4, 0.5) is 0 Å². The minimum absolute atomic E-state index is 0.225. The molecule has 5 rings (SSSR count). The number of pyridine rings is 1. The first-order valence-electron chi connectivity index (χ1n) is 12.3. The molecule has 1 fully saturated rings.